The van der Waals surface area contributed by atoms with Crippen molar-refractivity contribution >= 4 is 20.6 Å². The molecule has 0 aromatic heterocycles. The molecule has 15 heavy (non-hydrogen) atoms. The van der Waals surface area contributed by atoms with Crippen molar-refractivity contribution < 1.29 is 13.6 Å². The van der Waals surface area contributed by atoms with Gasteiger partial charge in [0.05, 0.1) is 6.54 Å². The van der Waals surface area contributed by atoms with Crippen molar-refractivity contribution in [3.63, 3.8) is 0 Å². The fourth-order valence-electron chi connectivity index (χ4n) is 1.28. The van der Waals surface area contributed by atoms with E-state index in [4.69, 9.17) is 8.85 Å². The molecule has 0 heterocycles. The minimum absolute atomic E-state index is 0.320. The second-order valence-corrected chi connectivity index (χ2v) is 4.69. The Bertz CT molecular complexity index is 359. The normalized spacial score (nSPS) is 10.1. The van der Waals surface area contributed by atoms with Gasteiger partial charge in [-0.25, -0.2) is 9.79 Å². The molecule has 0 aliphatic carbocycles. The number of benzene rings is 1. The Morgan fingerprint density at radius 1 is 1.33 bits per heavy atom. The smallest absolute Gasteiger partial charge is 0.393 e. The predicted octanol–water partition coefficient (Wildman–Crippen LogP) is 0.510. The van der Waals surface area contributed by atoms with Gasteiger partial charge in [0.1, 0.15) is 0 Å². The molecule has 0 saturated heterocycles. The fraction of sp³-hybridized carbons (Fsp3) is 0.300. The van der Waals surface area contributed by atoms with Crippen molar-refractivity contribution in [2.75, 3.05) is 14.2 Å². The molecule has 0 unspecified atom stereocenters. The van der Waals surface area contributed by atoms with Gasteiger partial charge in [-0.1, -0.05) is 24.3 Å². The first-order valence-corrected chi connectivity index (χ1v) is 5.72. The molecule has 0 spiro atoms. The van der Waals surface area contributed by atoms with Gasteiger partial charge < -0.3 is 8.85 Å². The zero-order chi connectivity index (χ0) is 11.1. The monoisotopic (exact) mass is 222 g/mol. The van der Waals surface area contributed by atoms with Crippen LogP contribution in [0.2, 0.25) is 0 Å². The number of carbonyl (C=O) groups excluding carboxylic acids is 1. The van der Waals surface area contributed by atoms with Gasteiger partial charge in [0.2, 0.25) is 6.08 Å². The van der Waals surface area contributed by atoms with Gasteiger partial charge >= 0.3 is 9.28 Å². The summed E-state index contributed by atoms with van der Waals surface area (Å²) >= 11 is 0. The van der Waals surface area contributed by atoms with E-state index in [0.717, 1.165) is 10.8 Å². The molecule has 0 saturated carbocycles. The van der Waals surface area contributed by atoms with E-state index in [9.17, 15) is 4.79 Å². The zero-order valence-electron chi connectivity index (χ0n) is 8.69. The van der Waals surface area contributed by atoms with Crippen LogP contribution in [0.25, 0.3) is 0 Å². The van der Waals surface area contributed by atoms with Crippen LogP contribution in [-0.4, -0.2) is 29.6 Å². The number of nitrogens with zero attached hydrogens (tertiary/aromatic N) is 1. The fourth-order valence-corrected chi connectivity index (χ4v) is 2.54. The van der Waals surface area contributed by atoms with Crippen molar-refractivity contribution in [2.45, 2.75) is 6.54 Å². The lowest BCUT2D eigenvalue weighted by atomic mass is 10.2. The van der Waals surface area contributed by atoms with Crippen molar-refractivity contribution in [3.05, 3.63) is 29.8 Å². The highest BCUT2D eigenvalue weighted by molar-refractivity contribution is 6.61. The summed E-state index contributed by atoms with van der Waals surface area (Å²) in [5, 5.41) is 0.978. The molecule has 0 atom stereocenters. The summed E-state index contributed by atoms with van der Waals surface area (Å²) in [6.07, 6.45) is 1.52. The van der Waals surface area contributed by atoms with Crippen LogP contribution in [0.4, 0.5) is 0 Å². The Morgan fingerprint density at radius 2 is 2.00 bits per heavy atom. The summed E-state index contributed by atoms with van der Waals surface area (Å²) in [5.74, 6) is 0. The molecule has 0 N–H and O–H groups in total. The standard InChI is InChI=1S/C10H12NO3Si/c1-13-15(14-2)10-6-4-3-5-9(10)7-11-8-12/h3-6H,7H2,1-2H3. The van der Waals surface area contributed by atoms with E-state index in [1.807, 2.05) is 24.3 Å². The Kier molecular flexibility index (Phi) is 4.93. The molecule has 0 amide bonds. The maximum Gasteiger partial charge on any atom is 0.423 e. The third-order valence-electron chi connectivity index (χ3n) is 1.92. The Labute approximate surface area is 90.4 Å². The molecule has 1 radical (unpaired) electrons. The van der Waals surface area contributed by atoms with Gasteiger partial charge in [-0.15, -0.1) is 0 Å². The molecule has 1 aromatic rings. The third kappa shape index (κ3) is 3.11. The topological polar surface area (TPSA) is 47.9 Å². The highest BCUT2D eigenvalue weighted by Crippen LogP contribution is 2.01. The quantitative estimate of drug-likeness (QED) is 0.414. The molecule has 79 valence electrons. The first-order valence-electron chi connectivity index (χ1n) is 4.40. The van der Waals surface area contributed by atoms with E-state index in [1.54, 1.807) is 14.2 Å². The maximum atomic E-state index is 10.1. The largest absolute Gasteiger partial charge is 0.423 e. The van der Waals surface area contributed by atoms with E-state index in [1.165, 1.54) is 6.08 Å². The van der Waals surface area contributed by atoms with E-state index in [2.05, 4.69) is 4.99 Å². The summed E-state index contributed by atoms with van der Waals surface area (Å²) < 4.78 is 10.5. The second-order valence-electron chi connectivity index (χ2n) is 2.76. The van der Waals surface area contributed by atoms with Gasteiger partial charge in [0.25, 0.3) is 0 Å². The van der Waals surface area contributed by atoms with Crippen LogP contribution in [0.3, 0.4) is 0 Å². The number of aliphatic imine (C=N–C) groups is 1. The summed E-state index contributed by atoms with van der Waals surface area (Å²) in [5.41, 5.74) is 0.943. The lowest BCUT2D eigenvalue weighted by molar-refractivity contribution is 0.291. The predicted molar refractivity (Wildman–Crippen MR) is 57.7 cm³/mol. The van der Waals surface area contributed by atoms with Crippen LogP contribution < -0.4 is 5.19 Å². The number of rotatable bonds is 5. The van der Waals surface area contributed by atoms with Gasteiger partial charge in [-0.05, 0) is 5.56 Å². The van der Waals surface area contributed by atoms with E-state index >= 15 is 0 Å². The molecule has 5 heteroatoms. The molecule has 1 aromatic carbocycles. The minimum atomic E-state index is -1.45. The first-order chi connectivity index (χ1) is 7.33. The van der Waals surface area contributed by atoms with Crippen LogP contribution >= 0.6 is 0 Å². The molecule has 4 nitrogen and oxygen atoms in total. The molecule has 0 aliphatic heterocycles. The Morgan fingerprint density at radius 3 is 2.60 bits per heavy atom. The SMILES string of the molecule is CO[Si](OC)c1ccccc1CN=C=O. The average Bonchev–Trinajstić information content (AvgIpc) is 2.29. The summed E-state index contributed by atoms with van der Waals surface area (Å²) in [7, 11) is 1.77. The molecule has 0 fully saturated rings. The lowest BCUT2D eigenvalue weighted by Gasteiger charge is -2.12. The second kappa shape index (κ2) is 6.26. The molecule has 0 aliphatic rings. The van der Waals surface area contributed by atoms with Gasteiger partial charge in [-0.2, -0.15) is 0 Å². The van der Waals surface area contributed by atoms with Gasteiger partial charge in [0, 0.05) is 19.4 Å². The lowest BCUT2D eigenvalue weighted by Crippen LogP contribution is -2.37. The van der Waals surface area contributed by atoms with Gasteiger partial charge in [-0.3, -0.25) is 0 Å². The van der Waals surface area contributed by atoms with Crippen molar-refractivity contribution in [2.24, 2.45) is 4.99 Å². The summed E-state index contributed by atoms with van der Waals surface area (Å²) in [4.78, 5) is 13.6. The first kappa shape index (κ1) is 11.8. The number of isocyanates is 1. The van der Waals surface area contributed by atoms with Crippen molar-refractivity contribution in [3.8, 4) is 0 Å². The summed E-state index contributed by atoms with van der Waals surface area (Å²) in [6, 6.07) is 7.63. The van der Waals surface area contributed by atoms with E-state index in [-0.39, 0.29) is 0 Å². The zero-order valence-corrected chi connectivity index (χ0v) is 9.69. The minimum Gasteiger partial charge on any atom is -0.393 e. The van der Waals surface area contributed by atoms with Crippen molar-refractivity contribution in [1.29, 1.82) is 0 Å². The number of hydrogen-bond donors (Lipinski definition) is 0. The average molecular weight is 222 g/mol. The molecule has 0 bridgehead atoms. The molecular weight excluding hydrogens is 210 g/mol. The molecular formula is C10H12NO3Si. The van der Waals surface area contributed by atoms with Crippen LogP contribution in [0.1, 0.15) is 5.56 Å². The van der Waals surface area contributed by atoms with Gasteiger partial charge in [0.15, 0.2) is 0 Å². The van der Waals surface area contributed by atoms with E-state index in [0.29, 0.717) is 6.54 Å². The molecule has 1 rings (SSSR count). The Hall–Kier alpha value is -1.26. The summed E-state index contributed by atoms with van der Waals surface area (Å²) in [6.45, 7) is 0.320. The van der Waals surface area contributed by atoms with Crippen LogP contribution in [0.5, 0.6) is 0 Å². The van der Waals surface area contributed by atoms with E-state index < -0.39 is 9.28 Å². The van der Waals surface area contributed by atoms with Crippen molar-refractivity contribution in [1.82, 2.24) is 0 Å². The maximum absolute atomic E-state index is 10.1. The Balaban J connectivity index is 2.98. The highest BCUT2D eigenvalue weighted by Gasteiger charge is 2.18. The van der Waals surface area contributed by atoms with Crippen LogP contribution in [0, 0.1) is 0 Å². The number of hydrogen-bond acceptors (Lipinski definition) is 4. The third-order valence-corrected chi connectivity index (χ3v) is 3.59. The van der Waals surface area contributed by atoms with Crippen LogP contribution in [0.15, 0.2) is 29.3 Å². The highest BCUT2D eigenvalue weighted by atomic mass is 28.3. The van der Waals surface area contributed by atoms with Crippen LogP contribution in [-0.2, 0) is 20.2 Å².